The molecule has 6 rings (SSSR count). The molecule has 2 aliphatic heterocycles. The van der Waals surface area contributed by atoms with E-state index in [2.05, 4.69) is 77.0 Å². The molecule has 0 aliphatic carbocycles. The maximum absolute atomic E-state index is 2.48. The van der Waals surface area contributed by atoms with Gasteiger partial charge < -0.3 is 0 Å². The fourth-order valence-electron chi connectivity index (χ4n) is 4.60. The van der Waals surface area contributed by atoms with Gasteiger partial charge in [0.1, 0.15) is 11.1 Å². The van der Waals surface area contributed by atoms with E-state index in [1.807, 2.05) is 0 Å². The number of aromatic nitrogens is 2. The van der Waals surface area contributed by atoms with Gasteiger partial charge in [-0.1, -0.05) is 36.4 Å². The van der Waals surface area contributed by atoms with E-state index in [1.54, 1.807) is 0 Å². The van der Waals surface area contributed by atoms with Gasteiger partial charge in [-0.3, -0.25) is 0 Å². The first-order valence-electron chi connectivity index (χ1n) is 8.24. The van der Waals surface area contributed by atoms with E-state index in [-0.39, 0.29) is 0 Å². The molecule has 0 radical (unpaired) electrons. The highest BCUT2D eigenvalue weighted by atomic mass is 15.1. The topological polar surface area (TPSA) is 7.76 Å². The number of rotatable bonds is 0. The molecule has 0 fully saturated rings. The van der Waals surface area contributed by atoms with Crippen LogP contribution in [0.4, 0.5) is 0 Å². The van der Waals surface area contributed by atoms with Crippen LogP contribution in [0.3, 0.4) is 0 Å². The summed E-state index contributed by atoms with van der Waals surface area (Å²) in [7, 11) is 0. The van der Waals surface area contributed by atoms with Gasteiger partial charge in [0.05, 0.1) is 0 Å². The maximum Gasteiger partial charge on any atom is 0.288 e. The predicted octanol–water partition coefficient (Wildman–Crippen LogP) is 3.52. The molecule has 1 atom stereocenters. The zero-order chi connectivity index (χ0) is 15.1. The summed E-state index contributed by atoms with van der Waals surface area (Å²) in [5, 5.41) is 5.47. The minimum absolute atomic E-state index is 0.390. The van der Waals surface area contributed by atoms with Crippen molar-refractivity contribution >= 4 is 21.5 Å². The SMILES string of the molecule is CC1c2c3[n+](cc4ccccc24)Cc2c-3[n+]1cc1ccccc21. The number of hydrogen-bond donors (Lipinski definition) is 0. The lowest BCUT2D eigenvalue weighted by Crippen LogP contribution is -2.37. The van der Waals surface area contributed by atoms with Gasteiger partial charge in [-0.25, -0.2) is 0 Å². The minimum Gasteiger partial charge on any atom is -0.187 e. The molecular weight excluding hydrogens is 280 g/mol. The van der Waals surface area contributed by atoms with Crippen LogP contribution in [-0.2, 0) is 6.54 Å². The van der Waals surface area contributed by atoms with Crippen LogP contribution in [0.15, 0.2) is 60.9 Å². The lowest BCUT2D eigenvalue weighted by molar-refractivity contribution is -0.694. The first kappa shape index (κ1) is 11.8. The highest BCUT2D eigenvalue weighted by molar-refractivity contribution is 5.93. The summed E-state index contributed by atoms with van der Waals surface area (Å²) in [4.78, 5) is 0. The Balaban J connectivity index is 1.85. The number of hydrogen-bond acceptors (Lipinski definition) is 0. The Kier molecular flexibility index (Phi) is 1.93. The van der Waals surface area contributed by atoms with Crippen molar-refractivity contribution in [3.8, 4) is 11.4 Å². The molecule has 0 spiro atoms. The summed E-state index contributed by atoms with van der Waals surface area (Å²) in [6, 6.07) is 18.0. The van der Waals surface area contributed by atoms with E-state index in [0.29, 0.717) is 6.04 Å². The summed E-state index contributed by atoms with van der Waals surface area (Å²) >= 11 is 0. The minimum atomic E-state index is 0.390. The smallest absolute Gasteiger partial charge is 0.187 e. The largest absolute Gasteiger partial charge is 0.288 e. The Morgan fingerprint density at radius 3 is 2.35 bits per heavy atom. The number of pyridine rings is 2. The Bertz CT molecular complexity index is 1150. The van der Waals surface area contributed by atoms with Gasteiger partial charge in [-0.15, -0.1) is 0 Å². The fraction of sp³-hybridized carbons (Fsp3) is 0.143. The van der Waals surface area contributed by atoms with Crippen molar-refractivity contribution in [3.63, 3.8) is 0 Å². The van der Waals surface area contributed by atoms with Gasteiger partial charge in [-0.2, -0.15) is 9.13 Å². The molecule has 0 amide bonds. The number of fused-ring (bicyclic) bond motifs is 4. The van der Waals surface area contributed by atoms with Gasteiger partial charge in [0.15, 0.2) is 25.0 Å². The summed E-state index contributed by atoms with van der Waals surface area (Å²) < 4.78 is 4.94. The molecule has 0 saturated heterocycles. The number of benzene rings is 2. The van der Waals surface area contributed by atoms with Gasteiger partial charge in [-0.05, 0) is 12.1 Å². The third-order valence-electron chi connectivity index (χ3n) is 5.58. The van der Waals surface area contributed by atoms with E-state index in [0.717, 1.165) is 6.54 Å². The van der Waals surface area contributed by atoms with Crippen molar-refractivity contribution in [2.24, 2.45) is 0 Å². The molecule has 2 aromatic carbocycles. The van der Waals surface area contributed by atoms with Gasteiger partial charge in [0.2, 0.25) is 0 Å². The Morgan fingerprint density at radius 1 is 0.826 bits per heavy atom. The molecule has 4 aromatic rings. The quantitative estimate of drug-likeness (QED) is 0.386. The molecule has 1 unspecified atom stereocenters. The van der Waals surface area contributed by atoms with Crippen LogP contribution in [0, 0.1) is 0 Å². The average Bonchev–Trinajstić information content (AvgIpc) is 3.10. The van der Waals surface area contributed by atoms with E-state index in [1.165, 1.54) is 44.1 Å². The van der Waals surface area contributed by atoms with Gasteiger partial charge >= 0.3 is 0 Å². The molecule has 2 aliphatic rings. The standard InChI is InChI=1S/C21H16N2/c1-13-19-17-9-5-3-6-14(17)10-22-12-18-16-8-4-2-7-15(16)11-23(13)20(18)21(19)22/h2-11,13H,12H2,1H3/q+2. The molecule has 0 saturated carbocycles. The van der Waals surface area contributed by atoms with Crippen LogP contribution >= 0.6 is 0 Å². The zero-order valence-corrected chi connectivity index (χ0v) is 13.0. The molecule has 108 valence electrons. The second kappa shape index (κ2) is 3.77. The van der Waals surface area contributed by atoms with Crippen molar-refractivity contribution in [1.29, 1.82) is 0 Å². The van der Waals surface area contributed by atoms with Gasteiger partial charge in [0, 0.05) is 28.5 Å². The zero-order valence-electron chi connectivity index (χ0n) is 13.0. The molecule has 2 nitrogen and oxygen atoms in total. The first-order valence-corrected chi connectivity index (χ1v) is 8.24. The van der Waals surface area contributed by atoms with Crippen molar-refractivity contribution in [1.82, 2.24) is 0 Å². The van der Waals surface area contributed by atoms with Crippen molar-refractivity contribution in [2.75, 3.05) is 0 Å². The van der Waals surface area contributed by atoms with E-state index in [9.17, 15) is 0 Å². The molecular formula is C21H16N2+2. The normalized spacial score (nSPS) is 17.2. The Morgan fingerprint density at radius 2 is 1.52 bits per heavy atom. The molecule has 2 aromatic heterocycles. The third-order valence-corrected chi connectivity index (χ3v) is 5.58. The summed E-state index contributed by atoms with van der Waals surface area (Å²) in [6.07, 6.45) is 4.66. The average molecular weight is 296 g/mol. The molecule has 0 N–H and O–H groups in total. The maximum atomic E-state index is 2.48. The summed E-state index contributed by atoms with van der Waals surface area (Å²) in [6.45, 7) is 3.31. The molecule has 23 heavy (non-hydrogen) atoms. The first-order chi connectivity index (χ1) is 11.3. The van der Waals surface area contributed by atoms with Crippen LogP contribution in [0.2, 0.25) is 0 Å². The molecule has 4 heterocycles. The van der Waals surface area contributed by atoms with Crippen LogP contribution < -0.4 is 9.13 Å². The monoisotopic (exact) mass is 296 g/mol. The van der Waals surface area contributed by atoms with E-state index < -0.39 is 0 Å². The lowest BCUT2D eigenvalue weighted by Gasteiger charge is -2.07. The predicted molar refractivity (Wildman–Crippen MR) is 90.2 cm³/mol. The van der Waals surface area contributed by atoms with Crippen LogP contribution in [-0.4, -0.2) is 0 Å². The Hall–Kier alpha value is -2.74. The molecule has 2 heteroatoms. The second-order valence-electron chi connectivity index (χ2n) is 6.73. The lowest BCUT2D eigenvalue weighted by atomic mass is 10.0. The Labute approximate surface area is 134 Å². The summed E-state index contributed by atoms with van der Waals surface area (Å²) in [5.74, 6) is 0. The van der Waals surface area contributed by atoms with Gasteiger partial charge in [0.25, 0.3) is 11.4 Å². The third kappa shape index (κ3) is 1.27. The van der Waals surface area contributed by atoms with Crippen molar-refractivity contribution < 1.29 is 9.13 Å². The highest BCUT2D eigenvalue weighted by Gasteiger charge is 2.49. The van der Waals surface area contributed by atoms with Crippen LogP contribution in [0.5, 0.6) is 0 Å². The number of nitrogens with zero attached hydrogens (tertiary/aromatic N) is 2. The van der Waals surface area contributed by atoms with Crippen LogP contribution in [0.25, 0.3) is 32.9 Å². The summed E-state index contributed by atoms with van der Waals surface area (Å²) in [5.41, 5.74) is 5.81. The van der Waals surface area contributed by atoms with Crippen molar-refractivity contribution in [3.05, 3.63) is 72.1 Å². The van der Waals surface area contributed by atoms with E-state index in [4.69, 9.17) is 0 Å². The fourth-order valence-corrected chi connectivity index (χ4v) is 4.60. The van der Waals surface area contributed by atoms with E-state index >= 15 is 0 Å². The highest BCUT2D eigenvalue weighted by Crippen LogP contribution is 2.42. The molecule has 0 bridgehead atoms. The van der Waals surface area contributed by atoms with Crippen molar-refractivity contribution in [2.45, 2.75) is 19.5 Å². The van der Waals surface area contributed by atoms with Crippen LogP contribution in [0.1, 0.15) is 24.1 Å². The second-order valence-corrected chi connectivity index (χ2v) is 6.73.